The number of benzene rings is 3. The molecule has 0 radical (unpaired) electrons. The number of anilines is 3. The first-order chi connectivity index (χ1) is 16.1. The zero-order valence-corrected chi connectivity index (χ0v) is 19.0. The van der Waals surface area contributed by atoms with Crippen LogP contribution in [0.3, 0.4) is 0 Å². The lowest BCUT2D eigenvalue weighted by molar-refractivity contribution is -0.110. The Hall–Kier alpha value is -3.57. The minimum absolute atomic E-state index is 0.127. The van der Waals surface area contributed by atoms with Crippen LogP contribution in [-0.4, -0.2) is 23.9 Å². The van der Waals surface area contributed by atoms with Crippen LogP contribution in [0.2, 0.25) is 0 Å². The molecule has 0 unspecified atom stereocenters. The van der Waals surface area contributed by atoms with Crippen molar-refractivity contribution in [1.82, 2.24) is 4.90 Å². The molecule has 1 saturated heterocycles. The maximum atomic E-state index is 13.0. The van der Waals surface area contributed by atoms with Gasteiger partial charge in [-0.1, -0.05) is 49.4 Å². The second-order valence-electron chi connectivity index (χ2n) is 9.16. The molecule has 0 atom stereocenters. The van der Waals surface area contributed by atoms with Gasteiger partial charge in [-0.3, -0.25) is 9.69 Å². The molecule has 3 aromatic rings. The maximum Gasteiger partial charge on any atom is 0.258 e. The molecule has 2 aliphatic heterocycles. The second-order valence-corrected chi connectivity index (χ2v) is 9.16. The molecular formula is C28H30N4O. The van der Waals surface area contributed by atoms with Crippen molar-refractivity contribution in [1.29, 1.82) is 0 Å². The third kappa shape index (κ3) is 4.64. The number of piperidine rings is 1. The number of carbonyl (C=O) groups is 1. The summed E-state index contributed by atoms with van der Waals surface area (Å²) < 4.78 is 0. The van der Waals surface area contributed by atoms with Crippen LogP contribution in [0.4, 0.5) is 17.1 Å². The fourth-order valence-electron chi connectivity index (χ4n) is 4.63. The number of fused-ring (bicyclic) bond motifs is 1. The van der Waals surface area contributed by atoms with Gasteiger partial charge in [0.15, 0.2) is 0 Å². The number of nitrogen functional groups attached to an aromatic ring is 1. The first-order valence-corrected chi connectivity index (χ1v) is 11.7. The smallest absolute Gasteiger partial charge is 0.258 e. The normalized spacial score (nSPS) is 18.0. The Bertz CT molecular complexity index is 1180. The molecule has 2 heterocycles. The second kappa shape index (κ2) is 9.12. The number of amides is 1. The zero-order valence-electron chi connectivity index (χ0n) is 19.0. The van der Waals surface area contributed by atoms with Crippen LogP contribution >= 0.6 is 0 Å². The minimum Gasteiger partial charge on any atom is -0.399 e. The molecule has 0 bridgehead atoms. The summed E-state index contributed by atoms with van der Waals surface area (Å²) in [6.07, 6.45) is 2.56. The first kappa shape index (κ1) is 21.3. The molecule has 3 aromatic carbocycles. The summed E-state index contributed by atoms with van der Waals surface area (Å²) in [5, 5.41) is 6.50. The SMILES string of the molecule is CC1CCN(Cc2ccc(N/C(=C3\C(=O)Nc4ccc(N)cc43)c3ccccc3)cc2)CC1. The Kier molecular flexibility index (Phi) is 5.88. The van der Waals surface area contributed by atoms with Gasteiger partial charge >= 0.3 is 0 Å². The van der Waals surface area contributed by atoms with E-state index in [0.717, 1.165) is 40.7 Å². The number of nitrogens with zero attached hydrogens (tertiary/aromatic N) is 1. The molecule has 0 spiro atoms. The molecule has 5 nitrogen and oxygen atoms in total. The highest BCUT2D eigenvalue weighted by atomic mass is 16.2. The highest BCUT2D eigenvalue weighted by molar-refractivity contribution is 6.37. The van der Waals surface area contributed by atoms with Crippen molar-refractivity contribution in [2.24, 2.45) is 5.92 Å². The van der Waals surface area contributed by atoms with E-state index in [1.165, 1.54) is 31.5 Å². The van der Waals surface area contributed by atoms with Gasteiger partial charge in [0.1, 0.15) is 0 Å². The molecule has 168 valence electrons. The van der Waals surface area contributed by atoms with Gasteiger partial charge in [0, 0.05) is 29.2 Å². The van der Waals surface area contributed by atoms with Gasteiger partial charge in [-0.05, 0) is 73.3 Å². The molecule has 33 heavy (non-hydrogen) atoms. The Morgan fingerprint density at radius 3 is 2.48 bits per heavy atom. The molecule has 0 aliphatic carbocycles. The Labute approximate surface area is 195 Å². The molecular weight excluding hydrogens is 408 g/mol. The summed E-state index contributed by atoms with van der Waals surface area (Å²) in [5.41, 5.74) is 12.9. The molecule has 4 N–H and O–H groups in total. The van der Waals surface area contributed by atoms with E-state index in [-0.39, 0.29) is 5.91 Å². The van der Waals surface area contributed by atoms with Crippen molar-refractivity contribution in [2.45, 2.75) is 26.3 Å². The number of carbonyl (C=O) groups excluding carboxylic acids is 1. The van der Waals surface area contributed by atoms with Gasteiger partial charge in [-0.25, -0.2) is 0 Å². The molecule has 0 aromatic heterocycles. The van der Waals surface area contributed by atoms with E-state index in [4.69, 9.17) is 5.73 Å². The van der Waals surface area contributed by atoms with Crippen LogP contribution < -0.4 is 16.4 Å². The van der Waals surface area contributed by atoms with Crippen LogP contribution in [0.5, 0.6) is 0 Å². The van der Waals surface area contributed by atoms with Crippen LogP contribution in [-0.2, 0) is 11.3 Å². The number of hydrogen-bond donors (Lipinski definition) is 3. The topological polar surface area (TPSA) is 70.4 Å². The number of nitrogens with one attached hydrogen (secondary N) is 2. The van der Waals surface area contributed by atoms with E-state index in [1.807, 2.05) is 42.5 Å². The molecule has 2 aliphatic rings. The predicted octanol–water partition coefficient (Wildman–Crippen LogP) is 5.43. The van der Waals surface area contributed by atoms with Crippen molar-refractivity contribution in [3.05, 3.63) is 89.5 Å². The Morgan fingerprint density at radius 1 is 1.03 bits per heavy atom. The van der Waals surface area contributed by atoms with E-state index >= 15 is 0 Å². The standard InChI is InChI=1S/C28H30N4O/c1-19-13-15-32(16-14-19)18-20-7-10-23(11-8-20)30-27(21-5-3-2-4-6-21)26-24-17-22(29)9-12-25(24)31-28(26)33/h2-12,17,19,30H,13-16,18,29H2,1H3,(H,31,33)/b27-26-. The quantitative estimate of drug-likeness (QED) is 0.367. The van der Waals surface area contributed by atoms with Crippen LogP contribution in [0.15, 0.2) is 72.8 Å². The van der Waals surface area contributed by atoms with Gasteiger partial charge in [-0.2, -0.15) is 0 Å². The third-order valence-electron chi connectivity index (χ3n) is 6.61. The lowest BCUT2D eigenvalue weighted by Crippen LogP contribution is -2.32. The number of hydrogen-bond acceptors (Lipinski definition) is 4. The van der Waals surface area contributed by atoms with Gasteiger partial charge < -0.3 is 16.4 Å². The van der Waals surface area contributed by atoms with Crippen molar-refractivity contribution in [3.8, 4) is 0 Å². The van der Waals surface area contributed by atoms with E-state index < -0.39 is 0 Å². The largest absolute Gasteiger partial charge is 0.399 e. The van der Waals surface area contributed by atoms with E-state index in [0.29, 0.717) is 11.3 Å². The third-order valence-corrected chi connectivity index (χ3v) is 6.61. The summed E-state index contributed by atoms with van der Waals surface area (Å²) in [6, 6.07) is 24.0. The van der Waals surface area contributed by atoms with Crippen molar-refractivity contribution in [3.63, 3.8) is 0 Å². The number of likely N-dealkylation sites (tertiary alicyclic amines) is 1. The van der Waals surface area contributed by atoms with E-state index in [2.05, 4.69) is 46.7 Å². The average Bonchev–Trinajstić information content (AvgIpc) is 3.15. The fraction of sp³-hybridized carbons (Fsp3) is 0.250. The van der Waals surface area contributed by atoms with Crippen LogP contribution in [0, 0.1) is 5.92 Å². The molecule has 1 fully saturated rings. The van der Waals surface area contributed by atoms with Crippen LogP contribution in [0.1, 0.15) is 36.5 Å². The number of nitrogens with two attached hydrogens (primary N) is 1. The zero-order chi connectivity index (χ0) is 22.8. The van der Waals surface area contributed by atoms with Crippen molar-refractivity contribution < 1.29 is 4.79 Å². The van der Waals surface area contributed by atoms with Gasteiger partial charge in [0.25, 0.3) is 5.91 Å². The monoisotopic (exact) mass is 438 g/mol. The summed E-state index contributed by atoms with van der Waals surface area (Å²) in [7, 11) is 0. The highest BCUT2D eigenvalue weighted by Gasteiger charge is 2.28. The summed E-state index contributed by atoms with van der Waals surface area (Å²) in [6.45, 7) is 5.66. The lowest BCUT2D eigenvalue weighted by atomic mass is 9.98. The van der Waals surface area contributed by atoms with Crippen molar-refractivity contribution >= 4 is 34.2 Å². The predicted molar refractivity (Wildman–Crippen MR) is 136 cm³/mol. The average molecular weight is 439 g/mol. The van der Waals surface area contributed by atoms with Crippen molar-refractivity contribution in [2.75, 3.05) is 29.5 Å². The lowest BCUT2D eigenvalue weighted by Gasteiger charge is -2.30. The minimum atomic E-state index is -0.127. The Morgan fingerprint density at radius 2 is 1.76 bits per heavy atom. The molecule has 5 rings (SSSR count). The summed E-state index contributed by atoms with van der Waals surface area (Å²) >= 11 is 0. The van der Waals surface area contributed by atoms with Gasteiger partial charge in [0.05, 0.1) is 11.3 Å². The summed E-state index contributed by atoms with van der Waals surface area (Å²) in [4.78, 5) is 15.5. The fourth-order valence-corrected chi connectivity index (χ4v) is 4.63. The maximum absolute atomic E-state index is 13.0. The van der Waals surface area contributed by atoms with Crippen LogP contribution in [0.25, 0.3) is 11.3 Å². The van der Waals surface area contributed by atoms with E-state index in [9.17, 15) is 4.79 Å². The summed E-state index contributed by atoms with van der Waals surface area (Å²) in [5.74, 6) is 0.712. The Balaban J connectivity index is 1.44. The highest BCUT2D eigenvalue weighted by Crippen LogP contribution is 2.38. The van der Waals surface area contributed by atoms with E-state index in [1.54, 1.807) is 6.07 Å². The van der Waals surface area contributed by atoms with Gasteiger partial charge in [0.2, 0.25) is 0 Å². The molecule has 5 heteroatoms. The number of rotatable bonds is 5. The van der Waals surface area contributed by atoms with Gasteiger partial charge in [-0.15, -0.1) is 0 Å². The molecule has 1 amide bonds. The molecule has 0 saturated carbocycles. The first-order valence-electron chi connectivity index (χ1n) is 11.7.